The van der Waals surface area contributed by atoms with E-state index >= 15 is 0 Å². The van der Waals surface area contributed by atoms with Crippen LogP contribution in [-0.4, -0.2) is 20.3 Å². The van der Waals surface area contributed by atoms with Gasteiger partial charge in [0.25, 0.3) is 0 Å². The summed E-state index contributed by atoms with van der Waals surface area (Å²) in [6.45, 7) is 1.52. The van der Waals surface area contributed by atoms with Gasteiger partial charge in [-0.2, -0.15) is 0 Å². The minimum Gasteiger partial charge on any atom is -0.497 e. The van der Waals surface area contributed by atoms with E-state index in [4.69, 9.17) is 9.47 Å². The molecule has 0 aliphatic carbocycles. The molecule has 1 aliphatic heterocycles. The van der Waals surface area contributed by atoms with E-state index in [1.54, 1.807) is 7.11 Å². The summed E-state index contributed by atoms with van der Waals surface area (Å²) in [5.41, 5.74) is 1.28. The summed E-state index contributed by atoms with van der Waals surface area (Å²) in [4.78, 5) is 0. The molecule has 2 nitrogen and oxygen atoms in total. The van der Waals surface area contributed by atoms with Crippen LogP contribution in [0.1, 0.15) is 11.5 Å². The SMILES string of the molecule is COc1ccc([C@@H]2C=CCOC2)cc1. The van der Waals surface area contributed by atoms with Crippen molar-refractivity contribution in [3.8, 4) is 5.75 Å². The van der Waals surface area contributed by atoms with E-state index in [-0.39, 0.29) is 0 Å². The highest BCUT2D eigenvalue weighted by atomic mass is 16.5. The molecule has 0 saturated heterocycles. The van der Waals surface area contributed by atoms with Crippen LogP contribution in [0, 0.1) is 0 Å². The first-order chi connectivity index (χ1) is 6.90. The molecular weight excluding hydrogens is 176 g/mol. The highest BCUT2D eigenvalue weighted by Gasteiger charge is 2.10. The zero-order chi connectivity index (χ0) is 9.80. The first-order valence-corrected chi connectivity index (χ1v) is 4.78. The summed E-state index contributed by atoms with van der Waals surface area (Å²) in [7, 11) is 1.68. The van der Waals surface area contributed by atoms with E-state index in [0.717, 1.165) is 19.0 Å². The van der Waals surface area contributed by atoms with E-state index in [2.05, 4.69) is 24.3 Å². The van der Waals surface area contributed by atoms with Crippen molar-refractivity contribution in [1.29, 1.82) is 0 Å². The third-order valence-electron chi connectivity index (χ3n) is 2.42. The molecule has 0 unspecified atom stereocenters. The molecule has 0 N–H and O–H groups in total. The van der Waals surface area contributed by atoms with Crippen LogP contribution in [0.2, 0.25) is 0 Å². The molecule has 1 aliphatic rings. The van der Waals surface area contributed by atoms with Gasteiger partial charge in [0, 0.05) is 5.92 Å². The molecule has 0 spiro atoms. The normalized spacial score (nSPS) is 20.8. The number of ether oxygens (including phenoxy) is 2. The van der Waals surface area contributed by atoms with Gasteiger partial charge in [-0.05, 0) is 17.7 Å². The molecule has 0 bridgehead atoms. The maximum atomic E-state index is 5.38. The van der Waals surface area contributed by atoms with Gasteiger partial charge in [-0.15, -0.1) is 0 Å². The lowest BCUT2D eigenvalue weighted by atomic mass is 9.98. The predicted octanol–water partition coefficient (Wildman–Crippen LogP) is 2.37. The Labute approximate surface area is 84.2 Å². The van der Waals surface area contributed by atoms with Crippen LogP contribution >= 0.6 is 0 Å². The maximum absolute atomic E-state index is 5.38. The lowest BCUT2D eigenvalue weighted by molar-refractivity contribution is 0.146. The molecule has 0 saturated carbocycles. The Hall–Kier alpha value is -1.28. The molecule has 2 heteroatoms. The molecule has 0 fully saturated rings. The lowest BCUT2D eigenvalue weighted by Crippen LogP contribution is -2.10. The Bertz CT molecular complexity index is 314. The van der Waals surface area contributed by atoms with Gasteiger partial charge in [-0.25, -0.2) is 0 Å². The van der Waals surface area contributed by atoms with Gasteiger partial charge in [0.05, 0.1) is 20.3 Å². The molecule has 2 rings (SSSR count). The van der Waals surface area contributed by atoms with Crippen LogP contribution in [0.15, 0.2) is 36.4 Å². The van der Waals surface area contributed by atoms with Crippen molar-refractivity contribution in [3.05, 3.63) is 42.0 Å². The van der Waals surface area contributed by atoms with E-state index < -0.39 is 0 Å². The third-order valence-corrected chi connectivity index (χ3v) is 2.42. The Balaban J connectivity index is 2.15. The van der Waals surface area contributed by atoms with Crippen molar-refractivity contribution in [2.75, 3.05) is 20.3 Å². The molecule has 1 heterocycles. The number of methoxy groups -OCH3 is 1. The smallest absolute Gasteiger partial charge is 0.118 e. The average molecular weight is 190 g/mol. The van der Waals surface area contributed by atoms with Crippen LogP contribution in [0.5, 0.6) is 5.75 Å². The van der Waals surface area contributed by atoms with Gasteiger partial charge in [-0.1, -0.05) is 24.3 Å². The van der Waals surface area contributed by atoms with Crippen molar-refractivity contribution < 1.29 is 9.47 Å². The van der Waals surface area contributed by atoms with Gasteiger partial charge in [0.2, 0.25) is 0 Å². The zero-order valence-corrected chi connectivity index (χ0v) is 8.27. The summed E-state index contributed by atoms with van der Waals surface area (Å²) in [6, 6.07) is 8.14. The van der Waals surface area contributed by atoms with Gasteiger partial charge in [0.1, 0.15) is 5.75 Å². The van der Waals surface area contributed by atoms with Crippen molar-refractivity contribution >= 4 is 0 Å². The number of hydrogen-bond acceptors (Lipinski definition) is 2. The van der Waals surface area contributed by atoms with E-state index in [1.807, 2.05) is 12.1 Å². The minimum absolute atomic E-state index is 0.398. The van der Waals surface area contributed by atoms with Gasteiger partial charge >= 0.3 is 0 Å². The first kappa shape index (κ1) is 9.28. The fourth-order valence-corrected chi connectivity index (χ4v) is 1.60. The Kier molecular flexibility index (Phi) is 2.84. The number of rotatable bonds is 2. The third kappa shape index (κ3) is 1.96. The topological polar surface area (TPSA) is 18.5 Å². The van der Waals surface area contributed by atoms with Crippen molar-refractivity contribution in [2.24, 2.45) is 0 Å². The Morgan fingerprint density at radius 3 is 2.64 bits per heavy atom. The van der Waals surface area contributed by atoms with Crippen molar-refractivity contribution in [1.82, 2.24) is 0 Å². The quantitative estimate of drug-likeness (QED) is 0.666. The first-order valence-electron chi connectivity index (χ1n) is 4.78. The van der Waals surface area contributed by atoms with Crippen LogP contribution in [-0.2, 0) is 4.74 Å². The number of benzene rings is 1. The molecule has 14 heavy (non-hydrogen) atoms. The van der Waals surface area contributed by atoms with Crippen LogP contribution in [0.3, 0.4) is 0 Å². The summed E-state index contributed by atoms with van der Waals surface area (Å²) in [6.07, 6.45) is 4.27. The highest BCUT2D eigenvalue weighted by molar-refractivity contribution is 5.31. The van der Waals surface area contributed by atoms with E-state index in [9.17, 15) is 0 Å². The summed E-state index contributed by atoms with van der Waals surface area (Å²) in [5, 5.41) is 0. The van der Waals surface area contributed by atoms with Gasteiger partial charge in [0.15, 0.2) is 0 Å². The maximum Gasteiger partial charge on any atom is 0.118 e. The highest BCUT2D eigenvalue weighted by Crippen LogP contribution is 2.22. The molecule has 1 aromatic rings. The van der Waals surface area contributed by atoms with E-state index in [1.165, 1.54) is 5.56 Å². The van der Waals surface area contributed by atoms with Gasteiger partial charge < -0.3 is 9.47 Å². The van der Waals surface area contributed by atoms with Crippen LogP contribution in [0.4, 0.5) is 0 Å². The summed E-state index contributed by atoms with van der Waals surface area (Å²) < 4.78 is 10.5. The standard InChI is InChI=1S/C12H14O2/c1-13-12-6-4-10(5-7-12)11-3-2-8-14-9-11/h2-7,11H,8-9H2,1H3/t11-/m1/s1. The largest absolute Gasteiger partial charge is 0.497 e. The molecule has 74 valence electrons. The van der Waals surface area contributed by atoms with Crippen LogP contribution < -0.4 is 4.74 Å². The molecule has 0 radical (unpaired) electrons. The van der Waals surface area contributed by atoms with Crippen LogP contribution in [0.25, 0.3) is 0 Å². The monoisotopic (exact) mass is 190 g/mol. The summed E-state index contributed by atoms with van der Waals surface area (Å²) >= 11 is 0. The zero-order valence-electron chi connectivity index (χ0n) is 8.27. The molecule has 0 aromatic heterocycles. The number of hydrogen-bond donors (Lipinski definition) is 0. The molecular formula is C12H14O2. The Morgan fingerprint density at radius 2 is 2.07 bits per heavy atom. The predicted molar refractivity (Wildman–Crippen MR) is 55.7 cm³/mol. The second-order valence-electron chi connectivity index (χ2n) is 3.35. The van der Waals surface area contributed by atoms with E-state index in [0.29, 0.717) is 5.92 Å². The molecule has 1 aromatic carbocycles. The van der Waals surface area contributed by atoms with Crippen molar-refractivity contribution in [3.63, 3.8) is 0 Å². The Morgan fingerprint density at radius 1 is 1.29 bits per heavy atom. The molecule has 0 amide bonds. The average Bonchev–Trinajstić information content (AvgIpc) is 2.30. The second kappa shape index (κ2) is 4.29. The second-order valence-corrected chi connectivity index (χ2v) is 3.35. The van der Waals surface area contributed by atoms with Gasteiger partial charge in [-0.3, -0.25) is 0 Å². The fraction of sp³-hybridized carbons (Fsp3) is 0.333. The minimum atomic E-state index is 0.398. The lowest BCUT2D eigenvalue weighted by Gasteiger charge is -2.17. The molecule has 1 atom stereocenters. The summed E-state index contributed by atoms with van der Waals surface area (Å²) in [5.74, 6) is 1.30. The van der Waals surface area contributed by atoms with Crippen molar-refractivity contribution in [2.45, 2.75) is 5.92 Å². The fourth-order valence-electron chi connectivity index (χ4n) is 1.60.